The molecule has 0 spiro atoms. The fourth-order valence-corrected chi connectivity index (χ4v) is 3.63. The van der Waals surface area contributed by atoms with Gasteiger partial charge in [-0.05, 0) is 25.0 Å². The quantitative estimate of drug-likeness (QED) is 0.818. The lowest BCUT2D eigenvalue weighted by Crippen LogP contribution is -2.49. The van der Waals surface area contributed by atoms with Crippen LogP contribution in [0.25, 0.3) is 0 Å². The van der Waals surface area contributed by atoms with Crippen LogP contribution in [0.2, 0.25) is 0 Å². The monoisotopic (exact) mass is 346 g/mol. The summed E-state index contributed by atoms with van der Waals surface area (Å²) < 4.78 is 16.6. The summed E-state index contributed by atoms with van der Waals surface area (Å²) in [6, 6.07) is 7.31. The molecule has 2 fully saturated rings. The van der Waals surface area contributed by atoms with Crippen molar-refractivity contribution in [2.45, 2.75) is 19.1 Å². The third-order valence-corrected chi connectivity index (χ3v) is 5.03. The first-order valence-corrected chi connectivity index (χ1v) is 8.75. The predicted octanol–water partition coefficient (Wildman–Crippen LogP) is 1.02. The molecule has 1 aromatic rings. The van der Waals surface area contributed by atoms with Gasteiger partial charge in [0, 0.05) is 19.0 Å². The SMILES string of the molecule is O=C(CN1C(=O)COc2ccccc21)N1CCC(C2OCCO2)CC1. The molecule has 134 valence electrons. The number of ether oxygens (including phenoxy) is 3. The summed E-state index contributed by atoms with van der Waals surface area (Å²) in [6.07, 6.45) is 1.61. The Bertz CT molecular complexity index is 651. The fourth-order valence-electron chi connectivity index (χ4n) is 3.63. The van der Waals surface area contributed by atoms with Crippen molar-refractivity contribution >= 4 is 17.5 Å². The highest BCUT2D eigenvalue weighted by Crippen LogP contribution is 2.32. The van der Waals surface area contributed by atoms with Crippen LogP contribution in [-0.2, 0) is 19.1 Å². The molecule has 0 saturated carbocycles. The van der Waals surface area contributed by atoms with E-state index in [0.29, 0.717) is 43.7 Å². The molecule has 7 nitrogen and oxygen atoms in total. The van der Waals surface area contributed by atoms with Gasteiger partial charge in [-0.3, -0.25) is 14.5 Å². The molecular weight excluding hydrogens is 324 g/mol. The number of nitrogens with zero attached hydrogens (tertiary/aromatic N) is 2. The largest absolute Gasteiger partial charge is 0.482 e. The van der Waals surface area contributed by atoms with Gasteiger partial charge in [0.2, 0.25) is 5.91 Å². The Morgan fingerprint density at radius 1 is 1.12 bits per heavy atom. The maximum absolute atomic E-state index is 12.7. The molecule has 0 aliphatic carbocycles. The summed E-state index contributed by atoms with van der Waals surface area (Å²) in [4.78, 5) is 28.2. The van der Waals surface area contributed by atoms with E-state index in [4.69, 9.17) is 14.2 Å². The van der Waals surface area contributed by atoms with E-state index in [1.54, 1.807) is 6.07 Å². The van der Waals surface area contributed by atoms with E-state index in [0.717, 1.165) is 12.8 Å². The summed E-state index contributed by atoms with van der Waals surface area (Å²) in [7, 11) is 0. The van der Waals surface area contributed by atoms with Crippen molar-refractivity contribution in [3.05, 3.63) is 24.3 Å². The third-order valence-electron chi connectivity index (χ3n) is 5.03. The number of amides is 2. The van der Waals surface area contributed by atoms with E-state index >= 15 is 0 Å². The van der Waals surface area contributed by atoms with E-state index in [2.05, 4.69) is 0 Å². The molecule has 0 radical (unpaired) electrons. The van der Waals surface area contributed by atoms with Gasteiger partial charge in [-0.25, -0.2) is 0 Å². The lowest BCUT2D eigenvalue weighted by atomic mass is 9.96. The zero-order chi connectivity index (χ0) is 17.2. The molecule has 2 amide bonds. The van der Waals surface area contributed by atoms with E-state index < -0.39 is 0 Å². The van der Waals surface area contributed by atoms with Crippen LogP contribution in [0, 0.1) is 5.92 Å². The van der Waals surface area contributed by atoms with Crippen molar-refractivity contribution in [3.8, 4) is 5.75 Å². The lowest BCUT2D eigenvalue weighted by molar-refractivity contribution is -0.136. The van der Waals surface area contributed by atoms with Crippen LogP contribution in [0.15, 0.2) is 24.3 Å². The highest BCUT2D eigenvalue weighted by Gasteiger charge is 2.33. The summed E-state index contributed by atoms with van der Waals surface area (Å²) in [5.74, 6) is 0.771. The Labute approximate surface area is 146 Å². The standard InChI is InChI=1S/C18H22N2O5/c21-16(19-7-5-13(6-8-19)18-23-9-10-24-18)11-20-14-3-1-2-4-15(14)25-12-17(20)22/h1-4,13,18H,5-12H2. The molecule has 0 atom stereocenters. The van der Waals surface area contributed by atoms with Gasteiger partial charge in [-0.2, -0.15) is 0 Å². The van der Waals surface area contributed by atoms with Crippen molar-refractivity contribution in [2.24, 2.45) is 5.92 Å². The minimum atomic E-state index is -0.185. The topological polar surface area (TPSA) is 68.3 Å². The van der Waals surface area contributed by atoms with Crippen molar-refractivity contribution in [3.63, 3.8) is 0 Å². The fraction of sp³-hybridized carbons (Fsp3) is 0.556. The zero-order valence-corrected chi connectivity index (χ0v) is 14.1. The summed E-state index contributed by atoms with van der Waals surface area (Å²) in [5, 5.41) is 0. The first-order chi connectivity index (χ1) is 12.2. The van der Waals surface area contributed by atoms with Crippen molar-refractivity contribution in [2.75, 3.05) is 44.4 Å². The molecule has 4 rings (SSSR count). The molecule has 0 unspecified atom stereocenters. The van der Waals surface area contributed by atoms with Gasteiger partial charge in [-0.1, -0.05) is 12.1 Å². The number of likely N-dealkylation sites (tertiary alicyclic amines) is 1. The number of piperidine rings is 1. The third kappa shape index (κ3) is 3.34. The van der Waals surface area contributed by atoms with Crippen LogP contribution >= 0.6 is 0 Å². The summed E-state index contributed by atoms with van der Waals surface area (Å²) in [6.45, 7) is 2.69. The number of anilines is 1. The zero-order valence-electron chi connectivity index (χ0n) is 14.1. The maximum Gasteiger partial charge on any atom is 0.265 e. The Hall–Kier alpha value is -2.12. The van der Waals surface area contributed by atoms with Crippen LogP contribution in [0.4, 0.5) is 5.69 Å². The van der Waals surface area contributed by atoms with E-state index in [1.165, 1.54) is 4.90 Å². The number of para-hydroxylation sites is 2. The number of rotatable bonds is 3. The van der Waals surface area contributed by atoms with Crippen LogP contribution in [0.1, 0.15) is 12.8 Å². The van der Waals surface area contributed by atoms with E-state index in [9.17, 15) is 9.59 Å². The molecule has 3 aliphatic heterocycles. The highest BCUT2D eigenvalue weighted by molar-refractivity contribution is 6.02. The van der Waals surface area contributed by atoms with Crippen molar-refractivity contribution in [1.82, 2.24) is 4.90 Å². The second kappa shape index (κ2) is 7.01. The maximum atomic E-state index is 12.7. The summed E-state index contributed by atoms with van der Waals surface area (Å²) in [5.41, 5.74) is 0.662. The summed E-state index contributed by atoms with van der Waals surface area (Å²) >= 11 is 0. The molecular formula is C18H22N2O5. The van der Waals surface area contributed by atoms with Crippen LogP contribution in [0.3, 0.4) is 0 Å². The first kappa shape index (κ1) is 16.4. The first-order valence-electron chi connectivity index (χ1n) is 8.75. The number of benzene rings is 1. The molecule has 7 heteroatoms. The predicted molar refractivity (Wildman–Crippen MR) is 89.3 cm³/mol. The van der Waals surface area contributed by atoms with Gasteiger partial charge < -0.3 is 19.1 Å². The average Bonchev–Trinajstić information content (AvgIpc) is 3.19. The van der Waals surface area contributed by atoms with Gasteiger partial charge in [0.1, 0.15) is 12.3 Å². The second-order valence-electron chi connectivity index (χ2n) is 6.56. The van der Waals surface area contributed by atoms with Crippen molar-refractivity contribution < 1.29 is 23.8 Å². The van der Waals surface area contributed by atoms with Crippen LogP contribution in [-0.4, -0.2) is 62.5 Å². The van der Waals surface area contributed by atoms with E-state index in [1.807, 2.05) is 23.1 Å². The minimum absolute atomic E-state index is 0.0251. The Balaban J connectivity index is 1.37. The number of carbonyl (C=O) groups excluding carboxylic acids is 2. The number of hydrogen-bond donors (Lipinski definition) is 0. The molecule has 0 N–H and O–H groups in total. The average molecular weight is 346 g/mol. The van der Waals surface area contributed by atoms with Crippen LogP contribution in [0.5, 0.6) is 5.75 Å². The van der Waals surface area contributed by atoms with Crippen LogP contribution < -0.4 is 9.64 Å². The highest BCUT2D eigenvalue weighted by atomic mass is 16.7. The molecule has 25 heavy (non-hydrogen) atoms. The minimum Gasteiger partial charge on any atom is -0.482 e. The molecule has 2 saturated heterocycles. The lowest BCUT2D eigenvalue weighted by Gasteiger charge is -2.36. The number of fused-ring (bicyclic) bond motifs is 1. The van der Waals surface area contributed by atoms with Gasteiger partial charge in [0.25, 0.3) is 5.91 Å². The van der Waals surface area contributed by atoms with E-state index in [-0.39, 0.29) is 31.3 Å². The number of carbonyl (C=O) groups is 2. The molecule has 0 bridgehead atoms. The second-order valence-corrected chi connectivity index (χ2v) is 6.56. The number of hydrogen-bond acceptors (Lipinski definition) is 5. The molecule has 0 aromatic heterocycles. The smallest absolute Gasteiger partial charge is 0.265 e. The Morgan fingerprint density at radius 3 is 2.60 bits per heavy atom. The molecule has 3 heterocycles. The van der Waals surface area contributed by atoms with Gasteiger partial charge in [-0.15, -0.1) is 0 Å². The van der Waals surface area contributed by atoms with Gasteiger partial charge in [0.15, 0.2) is 12.9 Å². The van der Waals surface area contributed by atoms with Gasteiger partial charge >= 0.3 is 0 Å². The van der Waals surface area contributed by atoms with Crippen molar-refractivity contribution in [1.29, 1.82) is 0 Å². The molecule has 3 aliphatic rings. The normalized spacial score (nSPS) is 22.0. The Kier molecular flexibility index (Phi) is 4.59. The Morgan fingerprint density at radius 2 is 1.84 bits per heavy atom. The molecule has 1 aromatic carbocycles. The van der Waals surface area contributed by atoms with Gasteiger partial charge in [0.05, 0.1) is 18.9 Å².